The molecule has 0 fully saturated rings. The molecule has 1 aliphatic rings. The van der Waals surface area contributed by atoms with Crippen molar-refractivity contribution in [1.29, 1.82) is 0 Å². The van der Waals surface area contributed by atoms with E-state index in [2.05, 4.69) is 41.4 Å². The van der Waals surface area contributed by atoms with Crippen molar-refractivity contribution in [3.05, 3.63) is 99.9 Å². The highest BCUT2D eigenvalue weighted by Gasteiger charge is 2.30. The monoisotopic (exact) mass is 547 g/mol. The Labute approximate surface area is 234 Å². The molecule has 0 saturated carbocycles. The number of amides is 2. The van der Waals surface area contributed by atoms with Gasteiger partial charge in [0.25, 0.3) is 5.91 Å². The van der Waals surface area contributed by atoms with E-state index in [0.717, 1.165) is 55.0 Å². The molecule has 0 spiro atoms. The lowest BCUT2D eigenvalue weighted by atomic mass is 10.2. The van der Waals surface area contributed by atoms with E-state index >= 15 is 0 Å². The lowest BCUT2D eigenvalue weighted by Gasteiger charge is -2.30. The molecule has 1 aliphatic heterocycles. The van der Waals surface area contributed by atoms with Crippen LogP contribution in [0.1, 0.15) is 37.3 Å². The number of nitrogens with one attached hydrogen (secondary N) is 1. The van der Waals surface area contributed by atoms with Crippen molar-refractivity contribution in [3.8, 4) is 0 Å². The zero-order valence-electron chi connectivity index (χ0n) is 21.7. The summed E-state index contributed by atoms with van der Waals surface area (Å²) in [6.45, 7) is 5.61. The van der Waals surface area contributed by atoms with E-state index in [1.165, 1.54) is 17.3 Å². The van der Waals surface area contributed by atoms with Crippen molar-refractivity contribution in [1.82, 2.24) is 10.2 Å². The molecule has 0 aliphatic carbocycles. The van der Waals surface area contributed by atoms with Gasteiger partial charge < -0.3 is 5.32 Å². The molecule has 0 radical (unpaired) electrons. The van der Waals surface area contributed by atoms with Gasteiger partial charge in [-0.05, 0) is 60.9 Å². The third-order valence-electron chi connectivity index (χ3n) is 6.33. The summed E-state index contributed by atoms with van der Waals surface area (Å²) in [6.07, 6.45) is 4.98. The first-order valence-electron chi connectivity index (χ1n) is 13.1. The summed E-state index contributed by atoms with van der Waals surface area (Å²) in [7, 11) is 0. The molecular weight excluding hydrogens is 514 g/mol. The van der Waals surface area contributed by atoms with Crippen LogP contribution in [0, 0.1) is 0 Å². The van der Waals surface area contributed by atoms with Gasteiger partial charge >= 0.3 is 0 Å². The van der Waals surface area contributed by atoms with Gasteiger partial charge in [-0.25, -0.2) is 0 Å². The normalized spacial score (nSPS) is 14.1. The van der Waals surface area contributed by atoms with Gasteiger partial charge in [-0.2, -0.15) is 0 Å². The lowest BCUT2D eigenvalue weighted by molar-refractivity contribution is -0.122. The van der Waals surface area contributed by atoms with E-state index in [1.54, 1.807) is 11.0 Å². The molecular formula is C31H34ClN3O2S. The Morgan fingerprint density at radius 2 is 1.76 bits per heavy atom. The Hall–Kier alpha value is -3.06. The first-order chi connectivity index (χ1) is 18.5. The maximum atomic E-state index is 13.4. The maximum absolute atomic E-state index is 13.4. The molecule has 1 heterocycles. The third kappa shape index (κ3) is 7.97. The third-order valence-corrected chi connectivity index (χ3v) is 7.64. The number of halogens is 1. The van der Waals surface area contributed by atoms with Crippen molar-refractivity contribution < 1.29 is 9.59 Å². The highest BCUT2D eigenvalue weighted by atomic mass is 35.5. The number of hydrogen-bond donors (Lipinski definition) is 1. The fourth-order valence-corrected chi connectivity index (χ4v) is 5.65. The molecule has 3 aromatic rings. The topological polar surface area (TPSA) is 52.7 Å². The number of thioether (sulfide) groups is 1. The molecule has 0 atom stereocenters. The number of anilines is 1. The predicted molar refractivity (Wildman–Crippen MR) is 158 cm³/mol. The Balaban J connectivity index is 1.35. The molecule has 0 unspecified atom stereocenters. The largest absolute Gasteiger partial charge is 0.355 e. The SMILES string of the molecule is CCCCN(CCCNC(=O)CN1C(=O)C(=Cc2cccc(Cl)c2)Sc2ccccc21)Cc1ccccc1. The van der Waals surface area contributed by atoms with E-state index in [4.69, 9.17) is 11.6 Å². The van der Waals surface area contributed by atoms with E-state index in [9.17, 15) is 9.59 Å². The quantitative estimate of drug-likeness (QED) is 0.204. The molecule has 1 N–H and O–H groups in total. The van der Waals surface area contributed by atoms with Crippen LogP contribution in [-0.4, -0.2) is 42.9 Å². The van der Waals surface area contributed by atoms with Crippen LogP contribution in [0.15, 0.2) is 88.7 Å². The molecule has 7 heteroatoms. The number of para-hydroxylation sites is 1. The zero-order valence-corrected chi connectivity index (χ0v) is 23.3. The standard InChI is InChI=1S/C31H34ClN3O2S/c1-2-3-18-34(22-24-11-5-4-6-12-24)19-10-17-33-30(36)23-35-27-15-7-8-16-28(27)38-29(31(35)37)21-25-13-9-14-26(32)20-25/h4-9,11-16,20-21H,2-3,10,17-19,22-23H2,1H3,(H,33,36). The van der Waals surface area contributed by atoms with Crippen molar-refractivity contribution in [3.63, 3.8) is 0 Å². The molecule has 38 heavy (non-hydrogen) atoms. The average molecular weight is 548 g/mol. The maximum Gasteiger partial charge on any atom is 0.265 e. The number of unbranched alkanes of at least 4 members (excludes halogenated alkanes) is 1. The molecule has 3 aromatic carbocycles. The predicted octanol–water partition coefficient (Wildman–Crippen LogP) is 6.63. The molecule has 4 rings (SSSR count). The Morgan fingerprint density at radius 1 is 1.00 bits per heavy atom. The first-order valence-corrected chi connectivity index (χ1v) is 14.3. The second kappa shape index (κ2) is 14.2. The highest BCUT2D eigenvalue weighted by Crippen LogP contribution is 2.42. The minimum atomic E-state index is -0.183. The van der Waals surface area contributed by atoms with Crippen molar-refractivity contribution in [2.45, 2.75) is 37.6 Å². The van der Waals surface area contributed by atoms with Crippen LogP contribution >= 0.6 is 23.4 Å². The van der Waals surface area contributed by atoms with Crippen LogP contribution in [0.4, 0.5) is 5.69 Å². The van der Waals surface area contributed by atoms with Gasteiger partial charge in [0, 0.05) is 29.6 Å². The van der Waals surface area contributed by atoms with Gasteiger partial charge in [0.05, 0.1) is 10.6 Å². The summed E-state index contributed by atoms with van der Waals surface area (Å²) in [5.74, 6) is -0.345. The van der Waals surface area contributed by atoms with E-state index in [1.807, 2.05) is 54.6 Å². The van der Waals surface area contributed by atoms with E-state index < -0.39 is 0 Å². The number of carbonyl (C=O) groups excluding carboxylic acids is 2. The summed E-state index contributed by atoms with van der Waals surface area (Å²) in [5.41, 5.74) is 2.91. The molecule has 198 valence electrons. The van der Waals surface area contributed by atoms with Gasteiger partial charge in [0.1, 0.15) is 6.54 Å². The number of rotatable bonds is 12. The van der Waals surface area contributed by atoms with Crippen molar-refractivity contribution in [2.24, 2.45) is 0 Å². The molecule has 0 aromatic heterocycles. The number of carbonyl (C=O) groups is 2. The Bertz CT molecular complexity index is 1260. The number of nitrogens with zero attached hydrogens (tertiary/aromatic N) is 2. The van der Waals surface area contributed by atoms with Crippen LogP contribution < -0.4 is 10.2 Å². The Kier molecular flexibility index (Phi) is 10.4. The van der Waals surface area contributed by atoms with Gasteiger partial charge in [-0.3, -0.25) is 19.4 Å². The molecule has 0 saturated heterocycles. The summed E-state index contributed by atoms with van der Waals surface area (Å²) in [4.78, 5) is 31.9. The lowest BCUT2D eigenvalue weighted by Crippen LogP contribution is -2.43. The minimum absolute atomic E-state index is 0.0210. The number of hydrogen-bond acceptors (Lipinski definition) is 4. The molecule has 0 bridgehead atoms. The van der Waals surface area contributed by atoms with Crippen LogP contribution in [-0.2, 0) is 16.1 Å². The summed E-state index contributed by atoms with van der Waals surface area (Å²) >= 11 is 7.55. The van der Waals surface area contributed by atoms with Gasteiger partial charge in [0.15, 0.2) is 0 Å². The Morgan fingerprint density at radius 3 is 2.55 bits per heavy atom. The molecule has 2 amide bonds. The van der Waals surface area contributed by atoms with Gasteiger partial charge in [0.2, 0.25) is 5.91 Å². The average Bonchev–Trinajstić information content (AvgIpc) is 2.92. The minimum Gasteiger partial charge on any atom is -0.355 e. The highest BCUT2D eigenvalue weighted by molar-refractivity contribution is 8.04. The first kappa shape index (κ1) is 28.0. The molecule has 5 nitrogen and oxygen atoms in total. The zero-order chi connectivity index (χ0) is 26.7. The summed E-state index contributed by atoms with van der Waals surface area (Å²) in [6, 6.07) is 25.6. The number of benzene rings is 3. The van der Waals surface area contributed by atoms with E-state index in [0.29, 0.717) is 16.5 Å². The smallest absolute Gasteiger partial charge is 0.265 e. The second-order valence-corrected chi connectivity index (χ2v) is 10.9. The van der Waals surface area contributed by atoms with Crippen LogP contribution in [0.5, 0.6) is 0 Å². The van der Waals surface area contributed by atoms with Crippen molar-refractivity contribution in [2.75, 3.05) is 31.1 Å². The fourth-order valence-electron chi connectivity index (χ4n) is 4.39. The summed E-state index contributed by atoms with van der Waals surface area (Å²) in [5, 5.41) is 3.64. The van der Waals surface area contributed by atoms with Crippen molar-refractivity contribution >= 4 is 46.9 Å². The fraction of sp³-hybridized carbons (Fsp3) is 0.290. The number of fused-ring (bicyclic) bond motifs is 1. The second-order valence-electron chi connectivity index (χ2n) is 9.34. The van der Waals surface area contributed by atoms with Crippen LogP contribution in [0.25, 0.3) is 6.08 Å². The van der Waals surface area contributed by atoms with E-state index in [-0.39, 0.29) is 18.4 Å². The summed E-state index contributed by atoms with van der Waals surface area (Å²) < 4.78 is 0. The van der Waals surface area contributed by atoms with Crippen LogP contribution in [0.3, 0.4) is 0 Å². The van der Waals surface area contributed by atoms with Gasteiger partial charge in [-0.15, -0.1) is 0 Å². The van der Waals surface area contributed by atoms with Crippen LogP contribution in [0.2, 0.25) is 5.02 Å². The van der Waals surface area contributed by atoms with Gasteiger partial charge in [-0.1, -0.05) is 91.3 Å².